The van der Waals surface area contributed by atoms with E-state index in [-0.39, 0.29) is 51.2 Å². The molecule has 2 aliphatic heterocycles. The topological polar surface area (TPSA) is 182 Å². The molecule has 0 aliphatic carbocycles. The zero-order valence-electron chi connectivity index (χ0n) is 41.5. The zero-order chi connectivity index (χ0) is 51.0. The molecule has 4 N–H and O–H groups in total. The summed E-state index contributed by atoms with van der Waals surface area (Å²) in [4.78, 5) is 86.3. The number of likely N-dealkylation sites (tertiary alicyclic amines) is 2. The summed E-state index contributed by atoms with van der Waals surface area (Å²) in [5, 5.41) is 11.4. The third kappa shape index (κ3) is 17.5. The molecular weight excluding hydrogens is 903 g/mol. The minimum Gasteiger partial charge on any atom is -0.363 e. The minimum absolute atomic E-state index is 0.139. The van der Waals surface area contributed by atoms with Crippen molar-refractivity contribution in [1.29, 1.82) is 0 Å². The van der Waals surface area contributed by atoms with Gasteiger partial charge in [0.1, 0.15) is 25.3 Å². The third-order valence-electron chi connectivity index (χ3n) is 12.9. The molecule has 6 amide bonds. The van der Waals surface area contributed by atoms with Gasteiger partial charge in [0.25, 0.3) is 11.8 Å². The van der Waals surface area contributed by atoms with Crippen molar-refractivity contribution in [3.05, 3.63) is 71.8 Å². The van der Waals surface area contributed by atoms with Crippen LogP contribution in [0.5, 0.6) is 0 Å². The van der Waals surface area contributed by atoms with E-state index in [4.69, 9.17) is 9.47 Å². The van der Waals surface area contributed by atoms with Gasteiger partial charge in [0, 0.05) is 51.4 Å². The first-order valence-corrected chi connectivity index (χ1v) is 24.2. The van der Waals surface area contributed by atoms with Gasteiger partial charge in [-0.2, -0.15) is 0 Å². The quantitative estimate of drug-likeness (QED) is 0.102. The first-order valence-electron chi connectivity index (χ1n) is 24.2. The molecule has 8 atom stereocenters. The SMILES string of the molecule is CN[C@@H](C)C(=O)N[C@H](C(=O)N1CCC[C@H]1CN(CCc1ccccc1)C(=O)CF)[C@@H](C)OCC#CC#CCO[C@H](C)[C@H](NC(=O)[C@H](C)NC)C(=O)N1CCC[C@H]1CN(CCc1ccccc1)C(=O)CF. The summed E-state index contributed by atoms with van der Waals surface area (Å²) >= 11 is 0. The van der Waals surface area contributed by atoms with E-state index in [2.05, 4.69) is 44.9 Å². The Hall–Kier alpha value is -5.92. The van der Waals surface area contributed by atoms with Gasteiger partial charge < -0.3 is 50.3 Å². The Morgan fingerprint density at radius 1 is 0.629 bits per heavy atom. The summed E-state index contributed by atoms with van der Waals surface area (Å²) in [6, 6.07) is 14.9. The summed E-state index contributed by atoms with van der Waals surface area (Å²) in [6.45, 7) is 5.72. The second-order valence-electron chi connectivity index (χ2n) is 17.7. The number of rotatable bonds is 26. The lowest BCUT2D eigenvalue weighted by atomic mass is 10.1. The number of amides is 6. The van der Waals surface area contributed by atoms with Gasteiger partial charge in [0.15, 0.2) is 13.3 Å². The molecule has 0 unspecified atom stereocenters. The second-order valence-corrected chi connectivity index (χ2v) is 17.7. The number of alkyl halides is 2. The van der Waals surface area contributed by atoms with Gasteiger partial charge in [-0.1, -0.05) is 72.5 Å². The Labute approximate surface area is 412 Å². The molecule has 382 valence electrons. The minimum atomic E-state index is -1.15. The molecule has 0 radical (unpaired) electrons. The average Bonchev–Trinajstić information content (AvgIpc) is 4.06. The van der Waals surface area contributed by atoms with Crippen LogP contribution in [0.1, 0.15) is 64.5 Å². The van der Waals surface area contributed by atoms with E-state index in [0.717, 1.165) is 11.1 Å². The lowest BCUT2D eigenvalue weighted by molar-refractivity contribution is -0.143. The molecule has 0 saturated carbocycles. The van der Waals surface area contributed by atoms with Crippen molar-refractivity contribution in [2.75, 3.05) is 79.9 Å². The normalized spacial score (nSPS) is 17.9. The van der Waals surface area contributed by atoms with Crippen molar-refractivity contribution in [3.63, 3.8) is 0 Å². The first kappa shape index (κ1) is 56.7. The van der Waals surface area contributed by atoms with Crippen molar-refractivity contribution < 1.29 is 47.0 Å². The number of benzene rings is 2. The van der Waals surface area contributed by atoms with Gasteiger partial charge in [0.05, 0.1) is 24.3 Å². The standard InChI is InChI=1S/C52H72F2N8O8/c1-37(55-5)49(65)57-47(51(67)61-27-17-23-43(61)35-59(45(63)33-53)29-25-41-19-11-9-12-20-41)39(3)69-31-15-7-8-16-32-70-40(4)48(58-50(66)38(2)56-6)52(68)62-28-18-24-44(62)36-60(46(64)34-54)30-26-42-21-13-10-14-22-42/h9-14,19-22,37-40,43-44,47-48,55-56H,17-18,23-36H2,1-6H3,(H,57,65)(H,58,66)/t37-,38-,39+,40+,43-,44-,47-,48-/m0/s1. The van der Waals surface area contributed by atoms with Crippen molar-refractivity contribution in [2.45, 2.75) is 115 Å². The first-order chi connectivity index (χ1) is 33.7. The highest BCUT2D eigenvalue weighted by Crippen LogP contribution is 2.23. The Morgan fingerprint density at radius 3 is 1.34 bits per heavy atom. The van der Waals surface area contributed by atoms with Crippen LogP contribution in [-0.4, -0.2) is 183 Å². The fraction of sp³-hybridized carbons (Fsp3) is 0.577. The smallest absolute Gasteiger partial charge is 0.254 e. The number of carbonyl (C=O) groups excluding carboxylic acids is 6. The predicted molar refractivity (Wildman–Crippen MR) is 262 cm³/mol. The molecule has 18 heteroatoms. The van der Waals surface area contributed by atoms with Gasteiger partial charge in [-0.25, -0.2) is 8.78 Å². The Bertz CT molecular complexity index is 1980. The van der Waals surface area contributed by atoms with E-state index in [0.29, 0.717) is 51.6 Å². The molecule has 0 bridgehead atoms. The molecule has 16 nitrogen and oxygen atoms in total. The van der Waals surface area contributed by atoms with Gasteiger partial charge in [0.2, 0.25) is 23.6 Å². The molecule has 2 heterocycles. The fourth-order valence-corrected chi connectivity index (χ4v) is 8.40. The van der Waals surface area contributed by atoms with Gasteiger partial charge in [-0.3, -0.25) is 28.8 Å². The summed E-state index contributed by atoms with van der Waals surface area (Å²) in [5.74, 6) is 8.09. The molecule has 2 aromatic rings. The number of hydrogen-bond donors (Lipinski definition) is 4. The van der Waals surface area contributed by atoms with Crippen molar-refractivity contribution in [2.24, 2.45) is 0 Å². The van der Waals surface area contributed by atoms with E-state index in [9.17, 15) is 37.5 Å². The molecule has 2 aliphatic rings. The summed E-state index contributed by atoms with van der Waals surface area (Å²) in [7, 11) is 3.26. The Morgan fingerprint density at radius 2 is 1.00 bits per heavy atom. The number of nitrogens with zero attached hydrogens (tertiary/aromatic N) is 4. The van der Waals surface area contributed by atoms with Gasteiger partial charge >= 0.3 is 0 Å². The summed E-state index contributed by atoms with van der Waals surface area (Å²) in [6.07, 6.45) is 1.93. The summed E-state index contributed by atoms with van der Waals surface area (Å²) in [5.41, 5.74) is 2.00. The van der Waals surface area contributed by atoms with Gasteiger partial charge in [-0.05, 0) is 103 Å². The highest BCUT2D eigenvalue weighted by Gasteiger charge is 2.40. The maximum absolute atomic E-state index is 14.2. The highest BCUT2D eigenvalue weighted by molar-refractivity contribution is 5.91. The fourth-order valence-electron chi connectivity index (χ4n) is 8.40. The van der Waals surface area contributed by atoms with Crippen LogP contribution in [0.3, 0.4) is 0 Å². The summed E-state index contributed by atoms with van der Waals surface area (Å²) < 4.78 is 39.4. The third-order valence-corrected chi connectivity index (χ3v) is 12.9. The molecule has 0 aromatic heterocycles. The van der Waals surface area contributed by atoms with Crippen LogP contribution in [0.15, 0.2) is 60.7 Å². The van der Waals surface area contributed by atoms with E-state index in [1.807, 2.05) is 60.7 Å². The number of nitrogens with one attached hydrogen (secondary N) is 4. The predicted octanol–water partition coefficient (Wildman–Crippen LogP) is 2.05. The number of hydrogen-bond acceptors (Lipinski definition) is 10. The van der Waals surface area contributed by atoms with E-state index >= 15 is 0 Å². The average molecular weight is 975 g/mol. The molecular formula is C52H72F2N8O8. The molecule has 2 fully saturated rings. The van der Waals surface area contributed by atoms with Gasteiger partial charge in [-0.15, -0.1) is 0 Å². The van der Waals surface area contributed by atoms with Crippen LogP contribution >= 0.6 is 0 Å². The van der Waals surface area contributed by atoms with Crippen molar-refractivity contribution >= 4 is 35.4 Å². The van der Waals surface area contributed by atoms with Crippen molar-refractivity contribution in [3.8, 4) is 23.7 Å². The molecule has 2 aromatic carbocycles. The van der Waals surface area contributed by atoms with Crippen LogP contribution in [0, 0.1) is 23.7 Å². The van der Waals surface area contributed by atoms with E-state index in [1.165, 1.54) is 9.80 Å². The second kappa shape index (κ2) is 30.0. The lowest BCUT2D eigenvalue weighted by Gasteiger charge is -2.34. The number of likely N-dealkylation sites (N-methyl/N-ethyl adjacent to an activating group) is 2. The largest absolute Gasteiger partial charge is 0.363 e. The monoisotopic (exact) mass is 975 g/mol. The van der Waals surface area contributed by atoms with Crippen molar-refractivity contribution in [1.82, 2.24) is 40.9 Å². The number of ether oxygens (including phenoxy) is 2. The lowest BCUT2D eigenvalue weighted by Crippen LogP contribution is -2.59. The highest BCUT2D eigenvalue weighted by atomic mass is 19.1. The van der Waals surface area contributed by atoms with E-state index in [1.54, 1.807) is 51.6 Å². The molecule has 2 saturated heterocycles. The van der Waals surface area contributed by atoms with Crippen LogP contribution < -0.4 is 21.3 Å². The Balaban J connectivity index is 1.37. The maximum atomic E-state index is 14.2. The zero-order valence-corrected chi connectivity index (χ0v) is 41.5. The number of halogens is 2. The van der Waals surface area contributed by atoms with Crippen LogP contribution in [0.25, 0.3) is 0 Å². The van der Waals surface area contributed by atoms with Crippen LogP contribution in [0.4, 0.5) is 8.78 Å². The molecule has 70 heavy (non-hydrogen) atoms. The number of carbonyl (C=O) groups is 6. The molecule has 4 rings (SSSR count). The molecule has 0 spiro atoms. The van der Waals surface area contributed by atoms with E-state index < -0.39 is 85.4 Å². The Kier molecular flexibility index (Phi) is 24.3. The maximum Gasteiger partial charge on any atom is 0.254 e. The van der Waals surface area contributed by atoms with Crippen LogP contribution in [0.2, 0.25) is 0 Å². The van der Waals surface area contributed by atoms with Crippen LogP contribution in [-0.2, 0) is 51.1 Å².